The Bertz CT molecular complexity index is 1630. The highest BCUT2D eigenvalue weighted by Gasteiger charge is 2.20. The lowest BCUT2D eigenvalue weighted by atomic mass is 10.1. The lowest BCUT2D eigenvalue weighted by Gasteiger charge is -2.08. The van der Waals surface area contributed by atoms with Gasteiger partial charge in [0.05, 0.1) is 17.1 Å². The van der Waals surface area contributed by atoms with Gasteiger partial charge in [0, 0.05) is 34.6 Å². The molecule has 0 radical (unpaired) electrons. The van der Waals surface area contributed by atoms with Crippen LogP contribution in [0, 0.1) is 6.92 Å². The maximum absolute atomic E-state index is 13.1. The van der Waals surface area contributed by atoms with Gasteiger partial charge >= 0.3 is 0 Å². The van der Waals surface area contributed by atoms with Crippen molar-refractivity contribution >= 4 is 44.8 Å². The molecule has 0 spiro atoms. The fourth-order valence-corrected chi connectivity index (χ4v) is 5.74. The average molecular weight is 517 g/mol. The number of thiophene rings is 1. The minimum atomic E-state index is -0.290. The first-order chi connectivity index (χ1) is 17.5. The molecule has 182 valence electrons. The Labute approximate surface area is 215 Å². The van der Waals surface area contributed by atoms with Gasteiger partial charge in [-0.3, -0.25) is 18.8 Å². The van der Waals surface area contributed by atoms with E-state index in [0.29, 0.717) is 17.4 Å². The molecule has 3 aromatic heterocycles. The zero-order chi connectivity index (χ0) is 25.2. The number of allylic oxidation sites excluding steroid dienone is 1. The van der Waals surface area contributed by atoms with Crippen LogP contribution >= 0.6 is 23.1 Å². The molecule has 0 saturated carbocycles. The summed E-state index contributed by atoms with van der Waals surface area (Å²) in [6, 6.07) is 17.5. The van der Waals surface area contributed by atoms with Crippen LogP contribution in [0.15, 0.2) is 82.6 Å². The molecule has 0 aliphatic rings. The van der Waals surface area contributed by atoms with Gasteiger partial charge in [-0.05, 0) is 25.1 Å². The van der Waals surface area contributed by atoms with E-state index in [2.05, 4.69) is 39.6 Å². The fraction of sp³-hybridized carbons (Fsp3) is 0.154. The second-order valence-corrected chi connectivity index (χ2v) is 9.98. The summed E-state index contributed by atoms with van der Waals surface area (Å²) in [7, 11) is 1.79. The van der Waals surface area contributed by atoms with Gasteiger partial charge in [-0.25, -0.2) is 4.68 Å². The molecule has 5 aromatic rings. The quantitative estimate of drug-likeness (QED) is 0.235. The Morgan fingerprint density at radius 3 is 2.67 bits per heavy atom. The van der Waals surface area contributed by atoms with Crippen LogP contribution in [0.3, 0.4) is 0 Å². The number of carbonyl (C=O) groups is 1. The molecular weight excluding hydrogens is 492 g/mol. The molecule has 1 N–H and O–H groups in total. The molecule has 0 unspecified atom stereocenters. The number of carbonyl (C=O) groups excluding carboxylic acids is 1. The highest BCUT2D eigenvalue weighted by molar-refractivity contribution is 7.99. The fourth-order valence-electron chi connectivity index (χ4n) is 4.06. The minimum Gasteiger partial charge on any atom is -0.319 e. The van der Waals surface area contributed by atoms with Crippen LogP contribution in [0.5, 0.6) is 0 Å². The monoisotopic (exact) mass is 516 g/mol. The number of fused-ring (bicyclic) bond motifs is 1. The van der Waals surface area contributed by atoms with Crippen LogP contribution in [0.25, 0.3) is 27.2 Å². The lowest BCUT2D eigenvalue weighted by Crippen LogP contribution is -2.23. The highest BCUT2D eigenvalue weighted by atomic mass is 32.2. The first-order valence-corrected chi connectivity index (χ1v) is 13.1. The Kier molecular flexibility index (Phi) is 6.62. The van der Waals surface area contributed by atoms with Crippen molar-refractivity contribution in [2.75, 3.05) is 11.1 Å². The molecule has 3 heterocycles. The first kappa shape index (κ1) is 23.8. The van der Waals surface area contributed by atoms with E-state index in [4.69, 9.17) is 0 Å². The summed E-state index contributed by atoms with van der Waals surface area (Å²) in [5, 5.41) is 15.4. The molecule has 1 amide bonds. The van der Waals surface area contributed by atoms with E-state index < -0.39 is 0 Å². The van der Waals surface area contributed by atoms with Crippen molar-refractivity contribution in [2.45, 2.75) is 18.6 Å². The van der Waals surface area contributed by atoms with Crippen LogP contribution in [0.4, 0.5) is 5.69 Å². The third kappa shape index (κ3) is 4.29. The average Bonchev–Trinajstić information content (AvgIpc) is 3.55. The number of hydrogen-bond acceptors (Lipinski definition) is 6. The number of nitrogens with zero attached hydrogens (tertiary/aromatic N) is 5. The number of amides is 1. The zero-order valence-electron chi connectivity index (χ0n) is 19.8. The molecule has 0 atom stereocenters. The van der Waals surface area contributed by atoms with Gasteiger partial charge in [-0.15, -0.1) is 28.1 Å². The van der Waals surface area contributed by atoms with Crippen molar-refractivity contribution in [1.82, 2.24) is 24.1 Å². The van der Waals surface area contributed by atoms with Crippen molar-refractivity contribution < 1.29 is 4.79 Å². The number of anilines is 1. The molecule has 0 fully saturated rings. The Hall–Kier alpha value is -3.89. The topological polar surface area (TPSA) is 86.7 Å². The van der Waals surface area contributed by atoms with Gasteiger partial charge in [-0.2, -0.15) is 0 Å². The minimum absolute atomic E-state index is 0.0821. The predicted octanol–water partition coefficient (Wildman–Crippen LogP) is 4.87. The lowest BCUT2D eigenvalue weighted by molar-refractivity contribution is -0.113. The van der Waals surface area contributed by atoms with Gasteiger partial charge in [-0.1, -0.05) is 54.2 Å². The Balaban J connectivity index is 1.36. The van der Waals surface area contributed by atoms with E-state index >= 15 is 0 Å². The summed E-state index contributed by atoms with van der Waals surface area (Å²) in [5.74, 6) is 0.528. The molecular formula is C26H24N6O2S2. The number of aromatic nitrogens is 5. The first-order valence-electron chi connectivity index (χ1n) is 11.3. The van der Waals surface area contributed by atoms with E-state index in [1.54, 1.807) is 29.1 Å². The number of thioether (sulfide) groups is 1. The molecule has 5 rings (SSSR count). The van der Waals surface area contributed by atoms with Crippen molar-refractivity contribution in [3.63, 3.8) is 0 Å². The summed E-state index contributed by atoms with van der Waals surface area (Å²) >= 11 is 2.93. The zero-order valence-corrected chi connectivity index (χ0v) is 21.5. The highest BCUT2D eigenvalue weighted by Crippen LogP contribution is 2.34. The van der Waals surface area contributed by atoms with Gasteiger partial charge in [0.25, 0.3) is 5.56 Å². The number of hydrogen-bond donors (Lipinski definition) is 1. The smallest absolute Gasteiger partial charge is 0.295 e. The van der Waals surface area contributed by atoms with Crippen molar-refractivity contribution in [1.29, 1.82) is 0 Å². The van der Waals surface area contributed by atoms with Gasteiger partial charge < -0.3 is 5.32 Å². The number of rotatable bonds is 8. The number of benzene rings is 2. The maximum atomic E-state index is 13.1. The van der Waals surface area contributed by atoms with Gasteiger partial charge in [0.15, 0.2) is 11.0 Å². The van der Waals surface area contributed by atoms with E-state index in [1.807, 2.05) is 54.0 Å². The van der Waals surface area contributed by atoms with Crippen LogP contribution in [0.2, 0.25) is 0 Å². The van der Waals surface area contributed by atoms with Gasteiger partial charge in [0.1, 0.15) is 5.69 Å². The summed E-state index contributed by atoms with van der Waals surface area (Å²) in [6.45, 7) is 6.18. The molecule has 10 heteroatoms. The van der Waals surface area contributed by atoms with Crippen LogP contribution in [-0.4, -0.2) is 35.8 Å². The molecule has 0 bridgehead atoms. The van der Waals surface area contributed by atoms with Crippen LogP contribution in [0.1, 0.15) is 5.69 Å². The molecule has 36 heavy (non-hydrogen) atoms. The van der Waals surface area contributed by atoms with Crippen LogP contribution < -0.4 is 10.9 Å². The van der Waals surface area contributed by atoms with E-state index in [1.165, 1.54) is 21.1 Å². The number of nitrogens with one attached hydrogen (secondary N) is 1. The standard InChI is InChI=1S/C26H24N6O2S2/c1-4-14-31-24(20-15-35-21-13-9-8-12-19(20)21)28-29-26(31)36-16-22(33)27-23-17(2)30(3)32(25(23)34)18-10-6-5-7-11-18/h4-13,15H,1,14,16H2,2-3H3,(H,27,33). The third-order valence-electron chi connectivity index (χ3n) is 5.90. The second kappa shape index (κ2) is 10.00. The van der Waals surface area contributed by atoms with E-state index in [0.717, 1.165) is 22.5 Å². The largest absolute Gasteiger partial charge is 0.319 e. The number of para-hydroxylation sites is 1. The normalized spacial score (nSPS) is 11.2. The Morgan fingerprint density at radius 2 is 1.89 bits per heavy atom. The van der Waals surface area contributed by atoms with E-state index in [9.17, 15) is 9.59 Å². The van der Waals surface area contributed by atoms with E-state index in [-0.39, 0.29) is 22.9 Å². The molecule has 0 saturated heterocycles. The van der Waals surface area contributed by atoms with Crippen molar-refractivity contribution in [2.24, 2.45) is 7.05 Å². The SMILES string of the molecule is C=CCn1c(SCC(=O)Nc2c(C)n(C)n(-c3ccccc3)c2=O)nnc1-c1csc2ccccc12. The maximum Gasteiger partial charge on any atom is 0.295 e. The summed E-state index contributed by atoms with van der Waals surface area (Å²) < 4.78 is 6.40. The molecule has 2 aromatic carbocycles. The van der Waals surface area contributed by atoms with Crippen LogP contribution in [-0.2, 0) is 18.4 Å². The third-order valence-corrected chi connectivity index (χ3v) is 7.83. The summed E-state index contributed by atoms with van der Waals surface area (Å²) in [5.41, 5.74) is 2.39. The van der Waals surface area contributed by atoms with Gasteiger partial charge in [0.2, 0.25) is 5.91 Å². The molecule has 0 aliphatic heterocycles. The summed E-state index contributed by atoms with van der Waals surface area (Å²) in [4.78, 5) is 25.9. The predicted molar refractivity (Wildman–Crippen MR) is 146 cm³/mol. The summed E-state index contributed by atoms with van der Waals surface area (Å²) in [6.07, 6.45) is 1.78. The Morgan fingerprint density at radius 1 is 1.14 bits per heavy atom. The van der Waals surface area contributed by atoms with Crippen molar-refractivity contribution in [3.05, 3.63) is 88.7 Å². The second-order valence-electron chi connectivity index (χ2n) is 8.12. The molecule has 8 nitrogen and oxygen atoms in total. The van der Waals surface area contributed by atoms with Crippen molar-refractivity contribution in [3.8, 4) is 17.1 Å². The molecule has 0 aliphatic carbocycles.